The first-order valence-corrected chi connectivity index (χ1v) is 5.88. The molecule has 1 unspecified atom stereocenters. The van der Waals surface area contributed by atoms with Gasteiger partial charge in [0.15, 0.2) is 0 Å². The van der Waals surface area contributed by atoms with Crippen molar-refractivity contribution in [1.82, 2.24) is 15.0 Å². The van der Waals surface area contributed by atoms with Gasteiger partial charge in [0.05, 0.1) is 30.6 Å². The maximum Gasteiger partial charge on any atom is 0.306 e. The molecule has 0 saturated heterocycles. The van der Waals surface area contributed by atoms with Crippen LogP contribution in [0.2, 0.25) is 0 Å². The van der Waals surface area contributed by atoms with Crippen LogP contribution >= 0.6 is 0 Å². The topological polar surface area (TPSA) is 77.2 Å². The molecular weight excluding hydrogens is 246 g/mol. The van der Waals surface area contributed by atoms with Gasteiger partial charge in [-0.2, -0.15) is 0 Å². The Morgan fingerprint density at radius 2 is 2.32 bits per heavy atom. The van der Waals surface area contributed by atoms with E-state index in [-0.39, 0.29) is 0 Å². The second-order valence-corrected chi connectivity index (χ2v) is 4.30. The summed E-state index contributed by atoms with van der Waals surface area (Å²) in [5.74, 6) is -0.583. The summed E-state index contributed by atoms with van der Waals surface area (Å²) < 4.78 is 6.74. The third-order valence-electron chi connectivity index (χ3n) is 2.80. The number of benzene rings is 1. The molecular formula is C13H15N3O3. The molecule has 2 rings (SSSR count). The maximum absolute atomic E-state index is 10.8. The molecule has 2 aromatic rings. The second kappa shape index (κ2) is 5.51. The van der Waals surface area contributed by atoms with E-state index in [9.17, 15) is 4.79 Å². The van der Waals surface area contributed by atoms with Gasteiger partial charge in [-0.15, -0.1) is 5.10 Å². The minimum absolute atomic E-state index is 0.360. The molecule has 1 N–H and O–H groups in total. The number of hydrogen-bond acceptors (Lipinski definition) is 4. The number of carboxylic acids is 1. The largest absolute Gasteiger partial charge is 0.497 e. The molecule has 0 spiro atoms. The Bertz CT molecular complexity index is 580. The first-order valence-electron chi connectivity index (χ1n) is 5.88. The van der Waals surface area contributed by atoms with Gasteiger partial charge in [-0.25, -0.2) is 4.68 Å². The van der Waals surface area contributed by atoms with Crippen molar-refractivity contribution in [1.29, 1.82) is 0 Å². The highest BCUT2D eigenvalue weighted by molar-refractivity contribution is 5.69. The number of ether oxygens (including phenoxy) is 1. The van der Waals surface area contributed by atoms with E-state index in [1.807, 2.05) is 24.3 Å². The number of nitrogens with zero attached hydrogens (tertiary/aromatic N) is 3. The van der Waals surface area contributed by atoms with Gasteiger partial charge < -0.3 is 9.84 Å². The quantitative estimate of drug-likeness (QED) is 0.883. The third-order valence-corrected chi connectivity index (χ3v) is 2.80. The SMILES string of the molecule is COc1cccc(-n2cc(CC(C)C(=O)O)nn2)c1. The highest BCUT2D eigenvalue weighted by Gasteiger charge is 2.14. The fourth-order valence-corrected chi connectivity index (χ4v) is 1.67. The average Bonchev–Trinajstić information content (AvgIpc) is 2.87. The molecule has 6 nitrogen and oxygen atoms in total. The number of carbonyl (C=O) groups is 1. The number of carboxylic acid groups (broad SMARTS) is 1. The summed E-state index contributed by atoms with van der Waals surface area (Å²) in [6.45, 7) is 1.65. The Kier molecular flexibility index (Phi) is 3.79. The van der Waals surface area contributed by atoms with E-state index < -0.39 is 11.9 Å². The predicted molar refractivity (Wildman–Crippen MR) is 68.4 cm³/mol. The Hall–Kier alpha value is -2.37. The Morgan fingerprint density at radius 1 is 1.53 bits per heavy atom. The zero-order valence-corrected chi connectivity index (χ0v) is 10.8. The summed E-state index contributed by atoms with van der Waals surface area (Å²) in [6.07, 6.45) is 2.09. The van der Waals surface area contributed by atoms with E-state index in [2.05, 4.69) is 10.3 Å². The summed E-state index contributed by atoms with van der Waals surface area (Å²) >= 11 is 0. The van der Waals surface area contributed by atoms with Crippen LogP contribution in [0.5, 0.6) is 5.75 Å². The molecule has 0 aliphatic rings. The first-order chi connectivity index (χ1) is 9.10. The van der Waals surface area contributed by atoms with Crippen LogP contribution in [0.4, 0.5) is 0 Å². The standard InChI is InChI=1S/C13H15N3O3/c1-9(13(17)18)6-10-8-16(15-14-10)11-4-3-5-12(7-11)19-2/h3-5,7-9H,6H2,1-2H3,(H,17,18). The molecule has 0 fully saturated rings. The highest BCUT2D eigenvalue weighted by Crippen LogP contribution is 2.16. The Labute approximate surface area is 110 Å². The van der Waals surface area contributed by atoms with Crippen molar-refractivity contribution < 1.29 is 14.6 Å². The van der Waals surface area contributed by atoms with Crippen LogP contribution in [0, 0.1) is 5.92 Å². The van der Waals surface area contributed by atoms with Crippen molar-refractivity contribution in [3.8, 4) is 11.4 Å². The van der Waals surface area contributed by atoms with E-state index >= 15 is 0 Å². The summed E-state index contributed by atoms with van der Waals surface area (Å²) in [7, 11) is 1.60. The number of methoxy groups -OCH3 is 1. The van der Waals surface area contributed by atoms with Crippen molar-refractivity contribution in [3.05, 3.63) is 36.2 Å². The molecule has 6 heteroatoms. The van der Waals surface area contributed by atoms with Crippen LogP contribution < -0.4 is 4.74 Å². The lowest BCUT2D eigenvalue weighted by Gasteiger charge is -2.03. The van der Waals surface area contributed by atoms with Crippen LogP contribution in [-0.2, 0) is 11.2 Å². The lowest BCUT2D eigenvalue weighted by molar-refractivity contribution is -0.141. The van der Waals surface area contributed by atoms with Crippen molar-refractivity contribution in [3.63, 3.8) is 0 Å². The lowest BCUT2D eigenvalue weighted by atomic mass is 10.1. The van der Waals surface area contributed by atoms with Gasteiger partial charge >= 0.3 is 5.97 Å². The van der Waals surface area contributed by atoms with Crippen molar-refractivity contribution in [2.45, 2.75) is 13.3 Å². The van der Waals surface area contributed by atoms with Gasteiger partial charge in [0, 0.05) is 12.5 Å². The number of hydrogen-bond donors (Lipinski definition) is 1. The van der Waals surface area contributed by atoms with Crippen molar-refractivity contribution in [2.75, 3.05) is 7.11 Å². The van der Waals surface area contributed by atoms with Crippen LogP contribution in [-0.4, -0.2) is 33.2 Å². The lowest BCUT2D eigenvalue weighted by Crippen LogP contribution is -2.12. The molecule has 1 atom stereocenters. The minimum Gasteiger partial charge on any atom is -0.497 e. The zero-order chi connectivity index (χ0) is 13.8. The normalized spacial score (nSPS) is 12.1. The summed E-state index contributed by atoms with van der Waals surface area (Å²) in [6, 6.07) is 7.41. The summed E-state index contributed by atoms with van der Waals surface area (Å²) in [5, 5.41) is 16.8. The van der Waals surface area contributed by atoms with E-state index in [4.69, 9.17) is 9.84 Å². The summed E-state index contributed by atoms with van der Waals surface area (Å²) in [4.78, 5) is 10.8. The molecule has 1 heterocycles. The van der Waals surface area contributed by atoms with Gasteiger partial charge in [0.25, 0.3) is 0 Å². The number of rotatable bonds is 5. The van der Waals surface area contributed by atoms with Gasteiger partial charge in [0.1, 0.15) is 5.75 Å². The van der Waals surface area contributed by atoms with Crippen molar-refractivity contribution in [2.24, 2.45) is 5.92 Å². The molecule has 0 amide bonds. The molecule has 0 bridgehead atoms. The van der Waals surface area contributed by atoms with Gasteiger partial charge in [-0.3, -0.25) is 4.79 Å². The van der Waals surface area contributed by atoms with Crippen LogP contribution in [0.3, 0.4) is 0 Å². The molecule has 1 aromatic heterocycles. The average molecular weight is 261 g/mol. The summed E-state index contributed by atoms with van der Waals surface area (Å²) in [5.41, 5.74) is 1.47. The molecule has 100 valence electrons. The molecule has 0 aliphatic heterocycles. The van der Waals surface area contributed by atoms with Gasteiger partial charge in [-0.05, 0) is 12.1 Å². The predicted octanol–water partition coefficient (Wildman–Crippen LogP) is 1.54. The third kappa shape index (κ3) is 3.09. The van der Waals surface area contributed by atoms with Crippen LogP contribution in [0.15, 0.2) is 30.5 Å². The second-order valence-electron chi connectivity index (χ2n) is 4.30. The van der Waals surface area contributed by atoms with E-state index in [0.717, 1.165) is 11.4 Å². The minimum atomic E-state index is -0.837. The molecule has 0 aliphatic carbocycles. The fraction of sp³-hybridized carbons (Fsp3) is 0.308. The van der Waals surface area contributed by atoms with Crippen molar-refractivity contribution >= 4 is 5.97 Å². The number of aliphatic carboxylic acids is 1. The Balaban J connectivity index is 2.18. The highest BCUT2D eigenvalue weighted by atomic mass is 16.5. The fourth-order valence-electron chi connectivity index (χ4n) is 1.67. The zero-order valence-electron chi connectivity index (χ0n) is 10.8. The van der Waals surface area contributed by atoms with Crippen LogP contribution in [0.25, 0.3) is 5.69 Å². The van der Waals surface area contributed by atoms with Gasteiger partial charge in [-0.1, -0.05) is 18.2 Å². The number of aromatic nitrogens is 3. The first kappa shape index (κ1) is 13.1. The van der Waals surface area contributed by atoms with E-state index in [0.29, 0.717) is 12.1 Å². The maximum atomic E-state index is 10.8. The van der Waals surface area contributed by atoms with Gasteiger partial charge in [0.2, 0.25) is 0 Å². The molecule has 19 heavy (non-hydrogen) atoms. The molecule has 0 saturated carbocycles. The Morgan fingerprint density at radius 3 is 3.00 bits per heavy atom. The van der Waals surface area contributed by atoms with Crippen LogP contribution in [0.1, 0.15) is 12.6 Å². The van der Waals surface area contributed by atoms with E-state index in [1.54, 1.807) is 24.9 Å². The van der Waals surface area contributed by atoms with E-state index in [1.165, 1.54) is 0 Å². The molecule has 1 aromatic carbocycles. The smallest absolute Gasteiger partial charge is 0.306 e. The monoisotopic (exact) mass is 261 g/mol. The molecule has 0 radical (unpaired) electrons.